The van der Waals surface area contributed by atoms with Crippen LogP contribution in [-0.2, 0) is 0 Å². The zero-order chi connectivity index (χ0) is 7.40. The van der Waals surface area contributed by atoms with Crippen molar-refractivity contribution >= 4 is 21.6 Å². The van der Waals surface area contributed by atoms with Crippen molar-refractivity contribution in [2.45, 2.75) is 0 Å². The summed E-state index contributed by atoms with van der Waals surface area (Å²) in [5.74, 6) is -0.217. The Morgan fingerprint density at radius 2 is 2.30 bits per heavy atom. The molecule has 1 nitrogen and oxygen atoms in total. The highest BCUT2D eigenvalue weighted by Crippen LogP contribution is 2.08. The predicted octanol–water partition coefficient (Wildman–Crippen LogP) is 2.59. The summed E-state index contributed by atoms with van der Waals surface area (Å²) >= 11 is 3.18. The molecule has 0 atom stereocenters. The SMILES string of the molecule is Fc1cccc(NCBr)c1. The molecule has 0 aliphatic carbocycles. The fourth-order valence-corrected chi connectivity index (χ4v) is 0.999. The van der Waals surface area contributed by atoms with E-state index in [9.17, 15) is 4.39 Å². The molecule has 0 heterocycles. The molecule has 0 aliphatic heterocycles. The van der Waals surface area contributed by atoms with Gasteiger partial charge in [-0.25, -0.2) is 4.39 Å². The van der Waals surface area contributed by atoms with Crippen molar-refractivity contribution in [1.82, 2.24) is 0 Å². The van der Waals surface area contributed by atoms with Crippen molar-refractivity contribution in [3.63, 3.8) is 0 Å². The maximum absolute atomic E-state index is 12.4. The number of anilines is 1. The Morgan fingerprint density at radius 3 is 2.90 bits per heavy atom. The standard InChI is InChI=1S/C7H7BrFN/c8-5-10-7-3-1-2-6(9)4-7/h1-4,10H,5H2. The third-order valence-electron chi connectivity index (χ3n) is 1.10. The third-order valence-corrected chi connectivity index (χ3v) is 1.38. The predicted molar refractivity (Wildman–Crippen MR) is 43.8 cm³/mol. The molecule has 0 unspecified atom stereocenters. The molecule has 0 aromatic heterocycles. The van der Waals surface area contributed by atoms with Crippen molar-refractivity contribution in [3.05, 3.63) is 30.1 Å². The molecule has 0 bridgehead atoms. The molecule has 1 aromatic rings. The molecular formula is C7H7BrFN. The van der Waals surface area contributed by atoms with E-state index in [1.165, 1.54) is 12.1 Å². The Labute approximate surface area is 67.4 Å². The minimum absolute atomic E-state index is 0.217. The second-order valence-electron chi connectivity index (χ2n) is 1.82. The molecule has 0 amide bonds. The molecule has 0 fully saturated rings. The van der Waals surface area contributed by atoms with Gasteiger partial charge >= 0.3 is 0 Å². The molecule has 0 radical (unpaired) electrons. The summed E-state index contributed by atoms with van der Waals surface area (Å²) < 4.78 is 12.4. The molecule has 1 aromatic carbocycles. The molecule has 3 heteroatoms. The molecule has 1 rings (SSSR count). The van der Waals surface area contributed by atoms with Crippen LogP contribution in [0.4, 0.5) is 10.1 Å². The number of rotatable bonds is 2. The smallest absolute Gasteiger partial charge is 0.125 e. The largest absolute Gasteiger partial charge is 0.375 e. The van der Waals surface area contributed by atoms with Gasteiger partial charge in [0.2, 0.25) is 0 Å². The van der Waals surface area contributed by atoms with E-state index in [1.54, 1.807) is 6.07 Å². The molecule has 54 valence electrons. The van der Waals surface area contributed by atoms with Gasteiger partial charge in [-0.15, -0.1) is 0 Å². The summed E-state index contributed by atoms with van der Waals surface area (Å²) in [5.41, 5.74) is 1.42. The summed E-state index contributed by atoms with van der Waals surface area (Å²) in [7, 11) is 0. The van der Waals surface area contributed by atoms with Crippen LogP contribution in [0.25, 0.3) is 0 Å². The van der Waals surface area contributed by atoms with E-state index in [0.29, 0.717) is 5.45 Å². The van der Waals surface area contributed by atoms with Crippen molar-refractivity contribution in [2.75, 3.05) is 10.8 Å². The van der Waals surface area contributed by atoms with E-state index in [1.807, 2.05) is 6.07 Å². The highest BCUT2D eigenvalue weighted by atomic mass is 79.9. The van der Waals surface area contributed by atoms with Crippen molar-refractivity contribution < 1.29 is 4.39 Å². The van der Waals surface area contributed by atoms with E-state index in [-0.39, 0.29) is 5.82 Å². The fraction of sp³-hybridized carbons (Fsp3) is 0.143. The van der Waals surface area contributed by atoms with E-state index >= 15 is 0 Å². The summed E-state index contributed by atoms with van der Waals surface area (Å²) in [6.07, 6.45) is 0. The van der Waals surface area contributed by atoms with Crippen LogP contribution in [0.5, 0.6) is 0 Å². The van der Waals surface area contributed by atoms with Crippen LogP contribution in [0.1, 0.15) is 0 Å². The average molecular weight is 204 g/mol. The minimum atomic E-state index is -0.217. The first-order chi connectivity index (χ1) is 4.83. The maximum atomic E-state index is 12.4. The van der Waals surface area contributed by atoms with E-state index < -0.39 is 0 Å². The van der Waals surface area contributed by atoms with Gasteiger partial charge in [-0.2, -0.15) is 0 Å². The molecule has 0 saturated carbocycles. The van der Waals surface area contributed by atoms with Crippen LogP contribution in [-0.4, -0.2) is 5.45 Å². The molecule has 0 aliphatic rings. The lowest BCUT2D eigenvalue weighted by atomic mass is 10.3. The number of hydrogen-bond donors (Lipinski definition) is 1. The number of nitrogens with one attached hydrogen (secondary N) is 1. The quantitative estimate of drug-likeness (QED) is 0.576. The van der Waals surface area contributed by atoms with Gasteiger partial charge in [0.05, 0.1) is 5.45 Å². The molecular weight excluding hydrogens is 197 g/mol. The molecule has 10 heavy (non-hydrogen) atoms. The first kappa shape index (κ1) is 7.54. The van der Waals surface area contributed by atoms with Gasteiger partial charge in [0.15, 0.2) is 0 Å². The van der Waals surface area contributed by atoms with Gasteiger partial charge in [-0.3, -0.25) is 0 Å². The molecule has 1 N–H and O–H groups in total. The summed E-state index contributed by atoms with van der Waals surface area (Å²) in [6.45, 7) is 0. The van der Waals surface area contributed by atoms with E-state index in [2.05, 4.69) is 21.2 Å². The highest BCUT2D eigenvalue weighted by molar-refractivity contribution is 9.09. The number of hydrogen-bond acceptors (Lipinski definition) is 1. The van der Waals surface area contributed by atoms with Gasteiger partial charge < -0.3 is 5.32 Å². The second-order valence-corrected chi connectivity index (χ2v) is 2.38. The Kier molecular flexibility index (Phi) is 2.68. The van der Waals surface area contributed by atoms with Gasteiger partial charge in [-0.1, -0.05) is 22.0 Å². The first-order valence-corrected chi connectivity index (χ1v) is 4.00. The van der Waals surface area contributed by atoms with Gasteiger partial charge in [0.1, 0.15) is 5.82 Å². The monoisotopic (exact) mass is 203 g/mol. The van der Waals surface area contributed by atoms with Crippen molar-refractivity contribution in [3.8, 4) is 0 Å². The number of halogens is 2. The highest BCUT2D eigenvalue weighted by Gasteiger charge is 1.90. The van der Waals surface area contributed by atoms with E-state index in [0.717, 1.165) is 5.69 Å². The van der Waals surface area contributed by atoms with Gasteiger partial charge in [-0.05, 0) is 18.2 Å². The second kappa shape index (κ2) is 3.56. The minimum Gasteiger partial charge on any atom is -0.375 e. The zero-order valence-electron chi connectivity index (χ0n) is 5.27. The number of benzene rings is 1. The number of alkyl halides is 1. The van der Waals surface area contributed by atoms with Crippen LogP contribution in [0, 0.1) is 5.82 Å². The Balaban J connectivity index is 2.75. The summed E-state index contributed by atoms with van der Waals surface area (Å²) in [4.78, 5) is 0. The van der Waals surface area contributed by atoms with Crippen molar-refractivity contribution in [1.29, 1.82) is 0 Å². The normalized spacial score (nSPS) is 9.40. The van der Waals surface area contributed by atoms with Crippen LogP contribution in [0.15, 0.2) is 24.3 Å². The first-order valence-electron chi connectivity index (χ1n) is 2.88. The zero-order valence-corrected chi connectivity index (χ0v) is 6.86. The van der Waals surface area contributed by atoms with Crippen LogP contribution in [0.3, 0.4) is 0 Å². The van der Waals surface area contributed by atoms with Crippen LogP contribution >= 0.6 is 15.9 Å². The fourth-order valence-electron chi connectivity index (χ4n) is 0.676. The lowest BCUT2D eigenvalue weighted by Gasteiger charge is -1.99. The molecule has 0 saturated heterocycles. The van der Waals surface area contributed by atoms with Gasteiger partial charge in [0, 0.05) is 5.69 Å². The summed E-state index contributed by atoms with van der Waals surface area (Å²) in [6, 6.07) is 6.34. The van der Waals surface area contributed by atoms with E-state index in [4.69, 9.17) is 0 Å². The van der Waals surface area contributed by atoms with Crippen molar-refractivity contribution in [2.24, 2.45) is 0 Å². The Bertz CT molecular complexity index is 215. The lowest BCUT2D eigenvalue weighted by Crippen LogP contribution is -1.93. The topological polar surface area (TPSA) is 12.0 Å². The lowest BCUT2D eigenvalue weighted by molar-refractivity contribution is 0.628. The maximum Gasteiger partial charge on any atom is 0.125 e. The molecule has 0 spiro atoms. The third kappa shape index (κ3) is 1.99. The Hall–Kier alpha value is -0.570. The average Bonchev–Trinajstić information content (AvgIpc) is 1.88. The van der Waals surface area contributed by atoms with Gasteiger partial charge in [0.25, 0.3) is 0 Å². The van der Waals surface area contributed by atoms with Crippen LogP contribution < -0.4 is 5.32 Å². The summed E-state index contributed by atoms with van der Waals surface area (Å²) in [5, 5.41) is 2.92. The Morgan fingerprint density at radius 1 is 1.50 bits per heavy atom. The van der Waals surface area contributed by atoms with Crippen LogP contribution in [0.2, 0.25) is 0 Å².